The summed E-state index contributed by atoms with van der Waals surface area (Å²) in [5, 5.41) is 0. The predicted molar refractivity (Wildman–Crippen MR) is 53.4 cm³/mol. The summed E-state index contributed by atoms with van der Waals surface area (Å²) in [5.41, 5.74) is 1.83. The van der Waals surface area contributed by atoms with Gasteiger partial charge in [0.15, 0.2) is 5.78 Å². The first-order valence-corrected chi connectivity index (χ1v) is 4.35. The largest absolute Gasteiger partial charge is 0.294 e. The standard InChI is InChI=1S/C10H11NO.ClH/c12-10-6-2-1-5-9-8(10)4-3-7-11-9;/h3-4,7H,1-2,5-6H2;1H. The van der Waals surface area contributed by atoms with E-state index >= 15 is 0 Å². The van der Waals surface area contributed by atoms with E-state index in [1.807, 2.05) is 12.1 Å². The minimum absolute atomic E-state index is 0. The third-order valence-electron chi connectivity index (χ3n) is 2.26. The number of aromatic nitrogens is 1. The molecule has 13 heavy (non-hydrogen) atoms. The molecule has 0 aromatic carbocycles. The Labute approximate surface area is 83.8 Å². The van der Waals surface area contributed by atoms with Crippen LogP contribution in [-0.4, -0.2) is 10.8 Å². The highest BCUT2D eigenvalue weighted by molar-refractivity contribution is 5.97. The maximum Gasteiger partial charge on any atom is 0.164 e. The Kier molecular flexibility index (Phi) is 3.43. The van der Waals surface area contributed by atoms with Gasteiger partial charge in [0.05, 0.1) is 5.69 Å². The van der Waals surface area contributed by atoms with Gasteiger partial charge in [-0.1, -0.05) is 0 Å². The molecule has 3 heteroatoms. The number of carbonyl (C=O) groups is 1. The molecule has 1 heterocycles. The SMILES string of the molecule is Cl.O=C1CCCCc2ncccc21. The van der Waals surface area contributed by atoms with Crippen molar-refractivity contribution < 1.29 is 4.79 Å². The van der Waals surface area contributed by atoms with Crippen LogP contribution in [0.4, 0.5) is 0 Å². The quantitative estimate of drug-likeness (QED) is 0.598. The number of carbonyl (C=O) groups excluding carboxylic acids is 1. The summed E-state index contributed by atoms with van der Waals surface area (Å²) in [7, 11) is 0. The molecule has 0 fully saturated rings. The van der Waals surface area contributed by atoms with Crippen molar-refractivity contribution in [1.29, 1.82) is 0 Å². The maximum atomic E-state index is 11.5. The molecular formula is C10H12ClNO. The monoisotopic (exact) mass is 197 g/mol. The van der Waals surface area contributed by atoms with Crippen LogP contribution in [-0.2, 0) is 6.42 Å². The first-order chi connectivity index (χ1) is 5.88. The van der Waals surface area contributed by atoms with E-state index in [0.29, 0.717) is 6.42 Å². The van der Waals surface area contributed by atoms with Crippen LogP contribution in [0.5, 0.6) is 0 Å². The highest BCUT2D eigenvalue weighted by Gasteiger charge is 2.14. The average Bonchev–Trinajstić information content (AvgIpc) is 2.29. The van der Waals surface area contributed by atoms with Crippen molar-refractivity contribution in [2.45, 2.75) is 25.7 Å². The minimum Gasteiger partial charge on any atom is -0.294 e. The first kappa shape index (κ1) is 10.2. The van der Waals surface area contributed by atoms with Gasteiger partial charge in [0.1, 0.15) is 0 Å². The van der Waals surface area contributed by atoms with Crippen LogP contribution in [0.1, 0.15) is 35.3 Å². The van der Waals surface area contributed by atoms with Crippen molar-refractivity contribution in [3.63, 3.8) is 0 Å². The fourth-order valence-corrected chi connectivity index (χ4v) is 1.60. The molecule has 0 N–H and O–H groups in total. The van der Waals surface area contributed by atoms with Gasteiger partial charge in [-0.15, -0.1) is 12.4 Å². The first-order valence-electron chi connectivity index (χ1n) is 4.35. The molecule has 0 amide bonds. The molecule has 2 nitrogen and oxygen atoms in total. The van der Waals surface area contributed by atoms with Crippen molar-refractivity contribution >= 4 is 18.2 Å². The number of fused-ring (bicyclic) bond motifs is 1. The van der Waals surface area contributed by atoms with Crippen LogP contribution < -0.4 is 0 Å². The summed E-state index contributed by atoms with van der Waals surface area (Å²) < 4.78 is 0. The van der Waals surface area contributed by atoms with Crippen LogP contribution in [0.2, 0.25) is 0 Å². The number of hydrogen-bond acceptors (Lipinski definition) is 2. The summed E-state index contributed by atoms with van der Waals surface area (Å²) in [6.45, 7) is 0. The molecule has 2 rings (SSSR count). The van der Waals surface area contributed by atoms with Crippen LogP contribution in [0.3, 0.4) is 0 Å². The Morgan fingerprint density at radius 2 is 2.00 bits per heavy atom. The second-order valence-corrected chi connectivity index (χ2v) is 3.13. The summed E-state index contributed by atoms with van der Waals surface area (Å²) in [6.07, 6.45) is 5.52. The van der Waals surface area contributed by atoms with Crippen LogP contribution >= 0.6 is 12.4 Å². The lowest BCUT2D eigenvalue weighted by Gasteiger charge is -2.00. The molecule has 70 valence electrons. The van der Waals surface area contributed by atoms with E-state index < -0.39 is 0 Å². The van der Waals surface area contributed by atoms with Gasteiger partial charge in [0.2, 0.25) is 0 Å². The molecule has 0 unspecified atom stereocenters. The number of aryl methyl sites for hydroxylation is 1. The fourth-order valence-electron chi connectivity index (χ4n) is 1.60. The molecule has 1 aliphatic rings. The fraction of sp³-hybridized carbons (Fsp3) is 0.400. The molecule has 0 bridgehead atoms. The zero-order valence-electron chi connectivity index (χ0n) is 7.32. The Morgan fingerprint density at radius 3 is 2.85 bits per heavy atom. The Bertz CT molecular complexity index is 312. The Hall–Kier alpha value is -0.890. The molecular weight excluding hydrogens is 186 g/mol. The van der Waals surface area contributed by atoms with E-state index in [0.717, 1.165) is 30.5 Å². The number of nitrogens with zero attached hydrogens (tertiary/aromatic N) is 1. The lowest BCUT2D eigenvalue weighted by molar-refractivity contribution is 0.0981. The van der Waals surface area contributed by atoms with Crippen LogP contribution in [0.15, 0.2) is 18.3 Å². The molecule has 0 radical (unpaired) electrons. The topological polar surface area (TPSA) is 30.0 Å². The van der Waals surface area contributed by atoms with E-state index in [4.69, 9.17) is 0 Å². The van der Waals surface area contributed by atoms with Crippen LogP contribution in [0.25, 0.3) is 0 Å². The molecule has 1 aromatic rings. The minimum atomic E-state index is 0. The smallest absolute Gasteiger partial charge is 0.164 e. The number of Topliss-reactive ketones (excluding diaryl/α,β-unsaturated/α-hetero) is 1. The number of ketones is 1. The van der Waals surface area contributed by atoms with E-state index in [1.165, 1.54) is 0 Å². The summed E-state index contributed by atoms with van der Waals surface area (Å²) in [6, 6.07) is 3.72. The molecule has 0 saturated carbocycles. The lowest BCUT2D eigenvalue weighted by atomic mass is 10.1. The molecule has 1 aliphatic carbocycles. The van der Waals surface area contributed by atoms with Gasteiger partial charge >= 0.3 is 0 Å². The predicted octanol–water partition coefficient (Wildman–Crippen LogP) is 2.41. The summed E-state index contributed by atoms with van der Waals surface area (Å²) in [5.74, 6) is 0.260. The third-order valence-corrected chi connectivity index (χ3v) is 2.26. The van der Waals surface area contributed by atoms with E-state index in [9.17, 15) is 4.79 Å². The second kappa shape index (κ2) is 4.38. The van der Waals surface area contributed by atoms with Crippen molar-refractivity contribution in [1.82, 2.24) is 4.98 Å². The van der Waals surface area contributed by atoms with Gasteiger partial charge in [-0.2, -0.15) is 0 Å². The van der Waals surface area contributed by atoms with Crippen molar-refractivity contribution in [2.75, 3.05) is 0 Å². The van der Waals surface area contributed by atoms with E-state index in [1.54, 1.807) is 6.20 Å². The zero-order valence-corrected chi connectivity index (χ0v) is 8.14. The van der Waals surface area contributed by atoms with Gasteiger partial charge in [0.25, 0.3) is 0 Å². The lowest BCUT2D eigenvalue weighted by Crippen LogP contribution is -2.01. The molecule has 1 aromatic heterocycles. The highest BCUT2D eigenvalue weighted by Crippen LogP contribution is 2.17. The highest BCUT2D eigenvalue weighted by atomic mass is 35.5. The van der Waals surface area contributed by atoms with Gasteiger partial charge in [-0.05, 0) is 31.4 Å². The number of rotatable bonds is 0. The van der Waals surface area contributed by atoms with E-state index in [-0.39, 0.29) is 18.2 Å². The second-order valence-electron chi connectivity index (χ2n) is 3.13. The average molecular weight is 198 g/mol. The van der Waals surface area contributed by atoms with Crippen LogP contribution in [0, 0.1) is 0 Å². The van der Waals surface area contributed by atoms with Crippen molar-refractivity contribution in [2.24, 2.45) is 0 Å². The molecule has 0 spiro atoms. The number of halogens is 1. The van der Waals surface area contributed by atoms with E-state index in [2.05, 4.69) is 4.98 Å². The van der Waals surface area contributed by atoms with Crippen molar-refractivity contribution in [3.05, 3.63) is 29.6 Å². The van der Waals surface area contributed by atoms with Gasteiger partial charge in [-0.25, -0.2) is 0 Å². The molecule has 0 atom stereocenters. The maximum absolute atomic E-state index is 11.5. The normalized spacial score (nSPS) is 15.5. The zero-order chi connectivity index (χ0) is 8.39. The summed E-state index contributed by atoms with van der Waals surface area (Å²) in [4.78, 5) is 15.7. The Morgan fingerprint density at radius 1 is 1.23 bits per heavy atom. The number of pyridine rings is 1. The number of hydrogen-bond donors (Lipinski definition) is 0. The van der Waals surface area contributed by atoms with Gasteiger partial charge in [-0.3, -0.25) is 9.78 Å². The van der Waals surface area contributed by atoms with Gasteiger partial charge in [0, 0.05) is 18.2 Å². The Balaban J connectivity index is 0.000000845. The van der Waals surface area contributed by atoms with Crippen molar-refractivity contribution in [3.8, 4) is 0 Å². The third kappa shape index (κ3) is 2.07. The molecule has 0 aliphatic heterocycles. The molecule has 0 saturated heterocycles. The summed E-state index contributed by atoms with van der Waals surface area (Å²) >= 11 is 0. The van der Waals surface area contributed by atoms with Gasteiger partial charge < -0.3 is 0 Å².